The van der Waals surface area contributed by atoms with Gasteiger partial charge in [0.05, 0.1) is 11.7 Å². The fourth-order valence-electron chi connectivity index (χ4n) is 2.64. The summed E-state index contributed by atoms with van der Waals surface area (Å²) in [5, 5.41) is 0. The van der Waals surface area contributed by atoms with Gasteiger partial charge in [-0.25, -0.2) is 4.79 Å². The first-order chi connectivity index (χ1) is 10.6. The summed E-state index contributed by atoms with van der Waals surface area (Å²) in [6, 6.07) is 9.09. The lowest BCUT2D eigenvalue weighted by molar-refractivity contribution is 0.00156. The highest BCUT2D eigenvalue weighted by atomic mass is 16.6. The number of hydrogen-bond acceptors (Lipinski definition) is 3. The first-order valence-corrected chi connectivity index (χ1v) is 8.26. The van der Waals surface area contributed by atoms with Crippen molar-refractivity contribution < 1.29 is 14.3 Å². The zero-order valence-electron chi connectivity index (χ0n) is 13.7. The number of carbonyl (C=O) groups excluding carboxylic acids is 1. The average molecular weight is 302 g/mol. The first kappa shape index (κ1) is 16.8. The van der Waals surface area contributed by atoms with E-state index >= 15 is 0 Å². The normalized spacial score (nSPS) is 21.0. The Kier molecular flexibility index (Phi) is 6.20. The van der Waals surface area contributed by atoms with E-state index in [0.717, 1.165) is 12.8 Å². The molecule has 1 aromatic rings. The smallest absolute Gasteiger partial charge is 0.343 e. The summed E-state index contributed by atoms with van der Waals surface area (Å²) in [6.45, 7) is 6.36. The molecular formula is C19H26O3. The molecule has 3 nitrogen and oxygen atoms in total. The van der Waals surface area contributed by atoms with Crippen molar-refractivity contribution in [2.24, 2.45) is 5.92 Å². The molecule has 2 rings (SSSR count). The highest BCUT2D eigenvalue weighted by Crippen LogP contribution is 2.29. The Labute approximate surface area is 133 Å². The molecule has 0 saturated carbocycles. The topological polar surface area (TPSA) is 35.5 Å². The van der Waals surface area contributed by atoms with E-state index in [1.54, 1.807) is 12.1 Å². The van der Waals surface area contributed by atoms with Gasteiger partial charge in [-0.1, -0.05) is 58.2 Å². The van der Waals surface area contributed by atoms with Crippen LogP contribution in [0, 0.1) is 5.92 Å². The van der Waals surface area contributed by atoms with Crippen molar-refractivity contribution in [2.75, 3.05) is 0 Å². The number of carbonyl (C=O) groups is 1. The zero-order valence-corrected chi connectivity index (χ0v) is 13.7. The molecule has 0 aromatic heterocycles. The summed E-state index contributed by atoms with van der Waals surface area (Å²) in [4.78, 5) is 12.2. The van der Waals surface area contributed by atoms with Crippen molar-refractivity contribution in [3.05, 3.63) is 47.7 Å². The van der Waals surface area contributed by atoms with Crippen LogP contribution < -0.4 is 0 Å². The van der Waals surface area contributed by atoms with Crippen molar-refractivity contribution in [3.8, 4) is 0 Å². The Hall–Kier alpha value is -1.61. The molecule has 0 N–H and O–H groups in total. The molecule has 1 aromatic carbocycles. The minimum Gasteiger partial charge on any atom is -0.425 e. The maximum atomic E-state index is 12.2. The maximum Gasteiger partial charge on any atom is 0.343 e. The maximum absolute atomic E-state index is 12.2. The van der Waals surface area contributed by atoms with Gasteiger partial charge in [0, 0.05) is 0 Å². The molecule has 22 heavy (non-hydrogen) atoms. The standard InChI is InChI=1S/C19H26O3/c1-4-5-7-12-16-13-17(18(21-16)14(2)3)22-19(20)15-10-8-6-9-11-15/h6,8-11,13-14,16,18H,4-5,7,12H2,1-3H3/t16-,18-/m0/s1. The van der Waals surface area contributed by atoms with Crippen LogP contribution in [0.5, 0.6) is 0 Å². The lowest BCUT2D eigenvalue weighted by Gasteiger charge is -2.19. The van der Waals surface area contributed by atoms with Crippen LogP contribution in [0.3, 0.4) is 0 Å². The number of rotatable bonds is 7. The van der Waals surface area contributed by atoms with Crippen LogP contribution in [0.4, 0.5) is 0 Å². The van der Waals surface area contributed by atoms with Crippen LogP contribution in [0.15, 0.2) is 42.2 Å². The molecular weight excluding hydrogens is 276 g/mol. The van der Waals surface area contributed by atoms with Crippen LogP contribution in [0.25, 0.3) is 0 Å². The first-order valence-electron chi connectivity index (χ1n) is 8.26. The van der Waals surface area contributed by atoms with E-state index in [2.05, 4.69) is 20.8 Å². The van der Waals surface area contributed by atoms with E-state index in [9.17, 15) is 4.79 Å². The van der Waals surface area contributed by atoms with Gasteiger partial charge < -0.3 is 9.47 Å². The number of unbranched alkanes of at least 4 members (excludes halogenated alkanes) is 2. The van der Waals surface area contributed by atoms with Crippen molar-refractivity contribution >= 4 is 5.97 Å². The lowest BCUT2D eigenvalue weighted by atomic mass is 10.1. The second-order valence-corrected chi connectivity index (χ2v) is 6.16. The molecule has 0 unspecified atom stereocenters. The van der Waals surface area contributed by atoms with E-state index in [1.807, 2.05) is 24.3 Å². The summed E-state index contributed by atoms with van der Waals surface area (Å²) < 4.78 is 11.7. The van der Waals surface area contributed by atoms with E-state index in [0.29, 0.717) is 11.3 Å². The Morgan fingerprint density at radius 3 is 2.59 bits per heavy atom. The van der Waals surface area contributed by atoms with E-state index in [1.165, 1.54) is 12.8 Å². The predicted octanol–water partition coefficient (Wildman–Crippen LogP) is 4.73. The molecule has 0 saturated heterocycles. The molecule has 0 radical (unpaired) electrons. The van der Waals surface area contributed by atoms with Crippen molar-refractivity contribution in [1.29, 1.82) is 0 Å². The molecule has 1 aliphatic rings. The SMILES string of the molecule is CCCCC[C@H]1C=C(OC(=O)c2ccccc2)[C@H](C(C)C)O1. The van der Waals surface area contributed by atoms with Gasteiger partial charge in [-0.05, 0) is 30.5 Å². The molecule has 0 amide bonds. The van der Waals surface area contributed by atoms with Crippen LogP contribution in [-0.2, 0) is 9.47 Å². The average Bonchev–Trinajstić information content (AvgIpc) is 2.91. The summed E-state index contributed by atoms with van der Waals surface area (Å²) >= 11 is 0. The fraction of sp³-hybridized carbons (Fsp3) is 0.526. The monoisotopic (exact) mass is 302 g/mol. The number of esters is 1. The third-order valence-corrected chi connectivity index (χ3v) is 3.87. The number of hydrogen-bond donors (Lipinski definition) is 0. The highest BCUT2D eigenvalue weighted by molar-refractivity contribution is 5.90. The second-order valence-electron chi connectivity index (χ2n) is 6.16. The van der Waals surface area contributed by atoms with Gasteiger partial charge in [-0.2, -0.15) is 0 Å². The summed E-state index contributed by atoms with van der Waals surface area (Å²) in [5.74, 6) is 0.645. The summed E-state index contributed by atoms with van der Waals surface area (Å²) in [7, 11) is 0. The summed E-state index contributed by atoms with van der Waals surface area (Å²) in [5.41, 5.74) is 0.570. The fourth-order valence-corrected chi connectivity index (χ4v) is 2.64. The van der Waals surface area contributed by atoms with Crippen LogP contribution in [0.1, 0.15) is 56.8 Å². The highest BCUT2D eigenvalue weighted by Gasteiger charge is 2.32. The van der Waals surface area contributed by atoms with Crippen molar-refractivity contribution in [2.45, 2.75) is 58.7 Å². The Bertz CT molecular complexity index is 505. The van der Waals surface area contributed by atoms with Gasteiger partial charge in [0.15, 0.2) is 0 Å². The van der Waals surface area contributed by atoms with Crippen molar-refractivity contribution in [1.82, 2.24) is 0 Å². The van der Waals surface area contributed by atoms with Gasteiger partial charge in [0.1, 0.15) is 11.9 Å². The van der Waals surface area contributed by atoms with Crippen LogP contribution in [0.2, 0.25) is 0 Å². The van der Waals surface area contributed by atoms with E-state index in [4.69, 9.17) is 9.47 Å². The van der Waals surface area contributed by atoms with Gasteiger partial charge in [0.2, 0.25) is 0 Å². The molecule has 0 bridgehead atoms. The van der Waals surface area contributed by atoms with Gasteiger partial charge in [0.25, 0.3) is 0 Å². The van der Waals surface area contributed by atoms with Crippen LogP contribution in [-0.4, -0.2) is 18.2 Å². The van der Waals surface area contributed by atoms with Gasteiger partial charge >= 0.3 is 5.97 Å². The Morgan fingerprint density at radius 2 is 1.95 bits per heavy atom. The molecule has 1 aliphatic heterocycles. The minimum atomic E-state index is -0.310. The predicted molar refractivity (Wildman–Crippen MR) is 87.6 cm³/mol. The third kappa shape index (κ3) is 4.44. The number of benzene rings is 1. The molecule has 0 aliphatic carbocycles. The molecule has 3 heteroatoms. The molecule has 0 fully saturated rings. The molecule has 120 valence electrons. The van der Waals surface area contributed by atoms with Gasteiger partial charge in [-0.15, -0.1) is 0 Å². The third-order valence-electron chi connectivity index (χ3n) is 3.87. The molecule has 1 heterocycles. The van der Waals surface area contributed by atoms with E-state index < -0.39 is 0 Å². The van der Waals surface area contributed by atoms with Gasteiger partial charge in [-0.3, -0.25) is 0 Å². The quantitative estimate of drug-likeness (QED) is 0.539. The second kappa shape index (κ2) is 8.14. The zero-order chi connectivity index (χ0) is 15.9. The number of ether oxygens (including phenoxy) is 2. The molecule has 2 atom stereocenters. The largest absolute Gasteiger partial charge is 0.425 e. The van der Waals surface area contributed by atoms with E-state index in [-0.39, 0.29) is 24.1 Å². The lowest BCUT2D eigenvalue weighted by Crippen LogP contribution is -2.23. The molecule has 0 spiro atoms. The van der Waals surface area contributed by atoms with Crippen molar-refractivity contribution in [3.63, 3.8) is 0 Å². The minimum absolute atomic E-state index is 0.0672. The Balaban J connectivity index is 2.01. The van der Waals surface area contributed by atoms with Crippen LogP contribution >= 0.6 is 0 Å². The Morgan fingerprint density at radius 1 is 1.23 bits per heavy atom. The summed E-state index contributed by atoms with van der Waals surface area (Å²) in [6.07, 6.45) is 6.46.